The summed E-state index contributed by atoms with van der Waals surface area (Å²) >= 11 is 6.47. The van der Waals surface area contributed by atoms with Crippen molar-refractivity contribution in [2.24, 2.45) is 15.2 Å². The number of esters is 1. The lowest BCUT2D eigenvalue weighted by molar-refractivity contribution is -0.165. The third kappa shape index (κ3) is 7.40. The Labute approximate surface area is 298 Å². The number of likely N-dealkylation sites (tertiary alicyclic amines) is 1. The number of likely N-dealkylation sites (N-methyl/N-ethyl adjacent to an activating group) is 1. The fourth-order valence-corrected chi connectivity index (χ4v) is 6.80. The quantitative estimate of drug-likeness (QED) is 0.226. The fraction of sp³-hybridized carbons (Fsp3) is 0.500. The number of carbonyl (C=O) groups is 2. The normalized spacial score (nSPS) is 23.2. The summed E-state index contributed by atoms with van der Waals surface area (Å²) in [5, 5.41) is 19.7. The van der Waals surface area contributed by atoms with Crippen LogP contribution in [0.3, 0.4) is 0 Å². The monoisotopic (exact) mass is 703 g/mol. The maximum Gasteiger partial charge on any atom is 0.375 e. The van der Waals surface area contributed by atoms with Gasteiger partial charge in [0.05, 0.1) is 22.4 Å². The van der Waals surface area contributed by atoms with Gasteiger partial charge in [0.1, 0.15) is 30.6 Å². The Balaban J connectivity index is 1.19. The van der Waals surface area contributed by atoms with Crippen molar-refractivity contribution in [3.8, 4) is 11.4 Å². The zero-order chi connectivity index (χ0) is 35.6. The van der Waals surface area contributed by atoms with E-state index in [1.807, 2.05) is 66.4 Å². The average molecular weight is 704 g/mol. The molecule has 0 saturated carbocycles. The number of nitrogens with zero attached hydrogens (tertiary/aromatic N) is 7. The molecule has 2 amide bonds. The molecular formula is C36H46ClN9O4. The van der Waals surface area contributed by atoms with Crippen molar-refractivity contribution in [1.82, 2.24) is 24.9 Å². The van der Waals surface area contributed by atoms with Crippen LogP contribution in [-0.4, -0.2) is 83.5 Å². The molecule has 1 saturated heterocycles. The van der Waals surface area contributed by atoms with Crippen molar-refractivity contribution in [3.63, 3.8) is 0 Å². The number of hydrogen-bond donors (Lipinski definition) is 2. The van der Waals surface area contributed by atoms with Crippen LogP contribution in [0.1, 0.15) is 82.3 Å². The van der Waals surface area contributed by atoms with Crippen LogP contribution in [0.4, 0.5) is 10.6 Å². The highest BCUT2D eigenvalue weighted by atomic mass is 35.5. The first-order chi connectivity index (χ1) is 23.9. The summed E-state index contributed by atoms with van der Waals surface area (Å²) in [6, 6.07) is 14.5. The molecule has 2 aromatic carbocycles. The van der Waals surface area contributed by atoms with Gasteiger partial charge in [0.15, 0.2) is 0 Å². The van der Waals surface area contributed by atoms with Crippen molar-refractivity contribution in [3.05, 3.63) is 70.4 Å². The Morgan fingerprint density at radius 1 is 1.08 bits per heavy atom. The van der Waals surface area contributed by atoms with Gasteiger partial charge in [0.2, 0.25) is 0 Å². The SMILES string of the molecule is C[C@H]1CCCN1C1(C(=O)O[C@@H]2CC[C@H](NC(=O)Nc3cc(C(C)(C)C)nn3-c3ccc(Cl)c(OCCN(C)C)c3)c3ccccc32)N=CN=N1. The average Bonchev–Trinajstić information content (AvgIpc) is 3.83. The Bertz CT molecular complexity index is 1770. The molecule has 3 aromatic rings. The molecule has 1 fully saturated rings. The summed E-state index contributed by atoms with van der Waals surface area (Å²) in [6.45, 7) is 10.2. The first-order valence-corrected chi connectivity index (χ1v) is 17.5. The highest BCUT2D eigenvalue weighted by Crippen LogP contribution is 2.41. The number of fused-ring (bicyclic) bond motifs is 1. The molecule has 14 heteroatoms. The number of ether oxygens (including phenoxy) is 2. The van der Waals surface area contributed by atoms with E-state index in [2.05, 4.69) is 53.5 Å². The molecular weight excluding hydrogens is 658 g/mol. The van der Waals surface area contributed by atoms with E-state index >= 15 is 0 Å². The van der Waals surface area contributed by atoms with Gasteiger partial charge in [-0.3, -0.25) is 5.32 Å². The Morgan fingerprint density at radius 3 is 2.54 bits per heavy atom. The molecule has 4 atom stereocenters. The van der Waals surface area contributed by atoms with E-state index in [1.54, 1.807) is 10.7 Å². The summed E-state index contributed by atoms with van der Waals surface area (Å²) in [7, 11) is 3.96. The molecule has 266 valence electrons. The van der Waals surface area contributed by atoms with E-state index in [0.717, 1.165) is 36.2 Å². The fourth-order valence-electron chi connectivity index (χ4n) is 6.63. The number of benzene rings is 2. The van der Waals surface area contributed by atoms with Crippen LogP contribution in [0.25, 0.3) is 5.69 Å². The maximum atomic E-state index is 13.7. The van der Waals surface area contributed by atoms with Crippen LogP contribution in [0.5, 0.6) is 5.75 Å². The summed E-state index contributed by atoms with van der Waals surface area (Å²) in [5.74, 6) is -0.994. The molecule has 1 aliphatic carbocycles. The van der Waals surface area contributed by atoms with Crippen LogP contribution in [0.2, 0.25) is 5.02 Å². The summed E-state index contributed by atoms with van der Waals surface area (Å²) in [4.78, 5) is 35.8. The third-order valence-electron chi connectivity index (χ3n) is 9.38. The summed E-state index contributed by atoms with van der Waals surface area (Å²) < 4.78 is 13.8. The minimum Gasteiger partial charge on any atom is -0.491 e. The van der Waals surface area contributed by atoms with E-state index in [9.17, 15) is 9.59 Å². The number of halogens is 1. The van der Waals surface area contributed by atoms with E-state index in [4.69, 9.17) is 26.2 Å². The molecule has 50 heavy (non-hydrogen) atoms. The first-order valence-electron chi connectivity index (χ1n) is 17.1. The van der Waals surface area contributed by atoms with Crippen molar-refractivity contribution in [2.75, 3.05) is 39.1 Å². The van der Waals surface area contributed by atoms with E-state index in [0.29, 0.717) is 48.3 Å². The molecule has 3 heterocycles. The molecule has 1 unspecified atom stereocenters. The Hall–Kier alpha value is -4.33. The number of rotatable bonds is 10. The Kier molecular flexibility index (Phi) is 10.3. The minimum atomic E-state index is -1.49. The summed E-state index contributed by atoms with van der Waals surface area (Å²) in [6.07, 6.45) is 3.77. The van der Waals surface area contributed by atoms with E-state index in [-0.39, 0.29) is 23.5 Å². The highest BCUT2D eigenvalue weighted by Gasteiger charge is 2.52. The zero-order valence-corrected chi connectivity index (χ0v) is 30.3. The molecule has 0 radical (unpaired) electrons. The first kappa shape index (κ1) is 35.5. The number of nitrogens with one attached hydrogen (secondary N) is 2. The number of amides is 2. The lowest BCUT2D eigenvalue weighted by atomic mass is 9.85. The van der Waals surface area contributed by atoms with Crippen LogP contribution >= 0.6 is 11.6 Å². The molecule has 13 nitrogen and oxygen atoms in total. The zero-order valence-electron chi connectivity index (χ0n) is 29.5. The van der Waals surface area contributed by atoms with Crippen LogP contribution in [-0.2, 0) is 14.9 Å². The topological polar surface area (TPSA) is 138 Å². The molecule has 6 rings (SSSR count). The largest absolute Gasteiger partial charge is 0.491 e. The minimum absolute atomic E-state index is 0.126. The number of aromatic nitrogens is 2. The van der Waals surface area contributed by atoms with Gasteiger partial charge >= 0.3 is 17.8 Å². The highest BCUT2D eigenvalue weighted by molar-refractivity contribution is 6.32. The third-order valence-corrected chi connectivity index (χ3v) is 9.69. The van der Waals surface area contributed by atoms with E-state index < -0.39 is 17.9 Å². The molecule has 2 N–H and O–H groups in total. The van der Waals surface area contributed by atoms with Crippen molar-refractivity contribution >= 4 is 35.8 Å². The van der Waals surface area contributed by atoms with Crippen LogP contribution < -0.4 is 15.4 Å². The lowest BCUT2D eigenvalue weighted by Crippen LogP contribution is -2.53. The van der Waals surface area contributed by atoms with Gasteiger partial charge in [-0.1, -0.05) is 56.6 Å². The number of aliphatic imine (C=N–C) groups is 1. The molecule has 2 aliphatic heterocycles. The predicted octanol–water partition coefficient (Wildman–Crippen LogP) is 6.64. The smallest absolute Gasteiger partial charge is 0.375 e. The van der Waals surface area contributed by atoms with Gasteiger partial charge in [-0.05, 0) is 70.0 Å². The van der Waals surface area contributed by atoms with Gasteiger partial charge in [-0.2, -0.15) is 5.10 Å². The van der Waals surface area contributed by atoms with Crippen LogP contribution in [0.15, 0.2) is 63.8 Å². The second-order valence-electron chi connectivity index (χ2n) is 14.4. The number of hydrogen-bond acceptors (Lipinski definition) is 10. The molecule has 1 aromatic heterocycles. The summed E-state index contributed by atoms with van der Waals surface area (Å²) in [5.41, 5.74) is 2.94. The van der Waals surface area contributed by atoms with Gasteiger partial charge < -0.3 is 19.7 Å². The lowest BCUT2D eigenvalue weighted by Gasteiger charge is -2.36. The van der Waals surface area contributed by atoms with Crippen molar-refractivity contribution in [2.45, 2.75) is 82.8 Å². The number of carbonyl (C=O) groups excluding carboxylic acids is 2. The number of urea groups is 1. The van der Waals surface area contributed by atoms with Crippen LogP contribution in [0, 0.1) is 0 Å². The van der Waals surface area contributed by atoms with E-state index in [1.165, 1.54) is 6.34 Å². The predicted molar refractivity (Wildman–Crippen MR) is 192 cm³/mol. The second kappa shape index (κ2) is 14.5. The van der Waals surface area contributed by atoms with Crippen molar-refractivity contribution < 1.29 is 19.1 Å². The molecule has 3 aliphatic rings. The molecule has 0 spiro atoms. The standard InChI is InChI=1S/C36H46ClN9O4/c1-23-10-9-17-45(23)36(38-22-39-43-36)33(47)50-29-16-15-28(25-11-7-8-12-26(25)29)40-34(48)41-32-21-31(35(2,3)4)42-46(32)24-13-14-27(37)30(20-24)49-19-18-44(5)6/h7-8,11-14,20-23,28-29H,9-10,15-19H2,1-6H3,(H2,40,41,48)/t23-,28-,29+,36?/m0/s1. The maximum absolute atomic E-state index is 13.7. The van der Waals surface area contributed by atoms with Gasteiger partial charge in [0.25, 0.3) is 0 Å². The van der Waals surface area contributed by atoms with Gasteiger partial charge in [-0.25, -0.2) is 24.2 Å². The van der Waals surface area contributed by atoms with Gasteiger partial charge in [-0.15, -0.1) is 10.2 Å². The second-order valence-corrected chi connectivity index (χ2v) is 14.8. The molecule has 0 bridgehead atoms. The number of anilines is 1. The Morgan fingerprint density at radius 2 is 1.86 bits per heavy atom. The number of azo groups is 1. The van der Waals surface area contributed by atoms with Crippen molar-refractivity contribution in [1.29, 1.82) is 0 Å². The van der Waals surface area contributed by atoms with Gasteiger partial charge in [0, 0.05) is 36.7 Å².